The van der Waals surface area contributed by atoms with Gasteiger partial charge >= 0.3 is 11.9 Å². The average molecular weight is 208 g/mol. The van der Waals surface area contributed by atoms with Crippen LogP contribution in [0.25, 0.3) is 0 Å². The smallest absolute Gasteiger partial charge is 0.353 e. The first-order valence-corrected chi connectivity index (χ1v) is 4.32. The maximum Gasteiger partial charge on any atom is 0.353 e. The zero-order valence-electron chi connectivity index (χ0n) is 8.30. The molecule has 2 N–H and O–H groups in total. The van der Waals surface area contributed by atoms with Gasteiger partial charge in [-0.15, -0.1) is 0 Å². The summed E-state index contributed by atoms with van der Waals surface area (Å²) in [5, 5.41) is 19.0. The lowest BCUT2D eigenvalue weighted by Gasteiger charge is -2.21. The van der Waals surface area contributed by atoms with Crippen molar-refractivity contribution in [3.63, 3.8) is 0 Å². The lowest BCUT2D eigenvalue weighted by Crippen LogP contribution is -2.31. The lowest BCUT2D eigenvalue weighted by molar-refractivity contribution is -0.328. The summed E-state index contributed by atoms with van der Waals surface area (Å²) in [5.41, 5.74) is 0.179. The number of carbonyl (C=O) groups excluding carboxylic acids is 1. The van der Waals surface area contributed by atoms with Crippen LogP contribution >= 0.6 is 0 Å². The highest BCUT2D eigenvalue weighted by Gasteiger charge is 2.30. The third kappa shape index (κ3) is 2.90. The van der Waals surface area contributed by atoms with Crippen LogP contribution in [0.3, 0.4) is 0 Å². The zero-order valence-corrected chi connectivity index (χ0v) is 8.30. The molecule has 0 saturated heterocycles. The van der Waals surface area contributed by atoms with Crippen LogP contribution in [0.2, 0.25) is 0 Å². The maximum atomic E-state index is 11.1. The summed E-state index contributed by atoms with van der Waals surface area (Å²) in [6, 6.07) is 7.79. The molecular formula is C11H12O4. The Hall–Kier alpha value is -1.65. The van der Waals surface area contributed by atoms with E-state index in [1.165, 1.54) is 19.1 Å². The molecule has 0 aliphatic heterocycles. The Bertz CT molecular complexity index is 367. The van der Waals surface area contributed by atoms with Gasteiger partial charge in [0, 0.05) is 5.57 Å². The Morgan fingerprint density at radius 3 is 2.33 bits per heavy atom. The van der Waals surface area contributed by atoms with Crippen molar-refractivity contribution in [2.75, 3.05) is 0 Å². The third-order valence-corrected chi connectivity index (χ3v) is 1.73. The molecule has 0 saturated carbocycles. The molecule has 80 valence electrons. The fraction of sp³-hybridized carbons (Fsp3) is 0.182. The van der Waals surface area contributed by atoms with Gasteiger partial charge in [0.25, 0.3) is 0 Å². The van der Waals surface area contributed by atoms with Crippen molar-refractivity contribution in [1.82, 2.24) is 0 Å². The second kappa shape index (κ2) is 4.25. The SMILES string of the molecule is C=C(C)C(=O)OC(O)(O)c1ccccc1. The second-order valence-electron chi connectivity index (χ2n) is 3.14. The van der Waals surface area contributed by atoms with Crippen LogP contribution in [-0.2, 0) is 15.5 Å². The van der Waals surface area contributed by atoms with Crippen LogP contribution in [0, 0.1) is 0 Å². The van der Waals surface area contributed by atoms with Crippen LogP contribution in [0.1, 0.15) is 12.5 Å². The first kappa shape index (κ1) is 11.4. The highest BCUT2D eigenvalue weighted by molar-refractivity contribution is 5.87. The Morgan fingerprint density at radius 2 is 1.87 bits per heavy atom. The number of hydrogen-bond donors (Lipinski definition) is 2. The van der Waals surface area contributed by atoms with Gasteiger partial charge in [-0.1, -0.05) is 24.8 Å². The monoisotopic (exact) mass is 208 g/mol. The van der Waals surface area contributed by atoms with Gasteiger partial charge in [-0.3, -0.25) is 0 Å². The van der Waals surface area contributed by atoms with E-state index in [0.29, 0.717) is 0 Å². The third-order valence-electron chi connectivity index (χ3n) is 1.73. The van der Waals surface area contributed by atoms with Crippen molar-refractivity contribution < 1.29 is 19.7 Å². The molecule has 0 spiro atoms. The number of esters is 1. The molecule has 1 rings (SSSR count). The van der Waals surface area contributed by atoms with E-state index in [9.17, 15) is 15.0 Å². The number of hydrogen-bond acceptors (Lipinski definition) is 4. The minimum atomic E-state index is -2.61. The average Bonchev–Trinajstić information content (AvgIpc) is 2.18. The molecule has 0 bridgehead atoms. The van der Waals surface area contributed by atoms with Gasteiger partial charge in [0.2, 0.25) is 0 Å². The summed E-state index contributed by atoms with van der Waals surface area (Å²) >= 11 is 0. The topological polar surface area (TPSA) is 66.8 Å². The molecule has 0 unspecified atom stereocenters. The normalized spacial score (nSPS) is 10.9. The second-order valence-corrected chi connectivity index (χ2v) is 3.14. The van der Waals surface area contributed by atoms with Gasteiger partial charge in [-0.05, 0) is 19.1 Å². The van der Waals surface area contributed by atoms with E-state index >= 15 is 0 Å². The van der Waals surface area contributed by atoms with E-state index in [-0.39, 0.29) is 11.1 Å². The van der Waals surface area contributed by atoms with E-state index < -0.39 is 11.9 Å². The van der Waals surface area contributed by atoms with Crippen molar-refractivity contribution in [2.45, 2.75) is 12.9 Å². The molecule has 0 heterocycles. The van der Waals surface area contributed by atoms with Gasteiger partial charge in [-0.25, -0.2) is 4.79 Å². The Morgan fingerprint density at radius 1 is 1.33 bits per heavy atom. The van der Waals surface area contributed by atoms with Gasteiger partial charge in [0.15, 0.2) is 0 Å². The number of carbonyl (C=O) groups is 1. The summed E-state index contributed by atoms with van der Waals surface area (Å²) in [4.78, 5) is 11.1. The predicted octanol–water partition coefficient (Wildman–Crippen LogP) is 0.901. The molecule has 4 heteroatoms. The summed E-state index contributed by atoms with van der Waals surface area (Å²) in [7, 11) is 0. The lowest BCUT2D eigenvalue weighted by atomic mass is 10.2. The molecule has 15 heavy (non-hydrogen) atoms. The van der Waals surface area contributed by atoms with E-state index in [1.807, 2.05) is 0 Å². The zero-order chi connectivity index (χ0) is 11.5. The van der Waals surface area contributed by atoms with Crippen molar-refractivity contribution >= 4 is 5.97 Å². The number of ether oxygens (including phenoxy) is 1. The van der Waals surface area contributed by atoms with E-state index in [0.717, 1.165) is 0 Å². The van der Waals surface area contributed by atoms with E-state index in [1.54, 1.807) is 18.2 Å². The van der Waals surface area contributed by atoms with E-state index in [2.05, 4.69) is 11.3 Å². The Balaban J connectivity index is 2.85. The molecule has 0 aliphatic carbocycles. The summed E-state index contributed by atoms with van der Waals surface area (Å²) in [5.74, 6) is -3.47. The first-order chi connectivity index (χ1) is 6.93. The van der Waals surface area contributed by atoms with Crippen molar-refractivity contribution in [3.05, 3.63) is 48.0 Å². The predicted molar refractivity (Wildman–Crippen MR) is 53.5 cm³/mol. The Labute approximate surface area is 87.4 Å². The summed E-state index contributed by atoms with van der Waals surface area (Å²) in [6.07, 6.45) is 0. The van der Waals surface area contributed by atoms with Crippen LogP contribution in [0.15, 0.2) is 42.5 Å². The van der Waals surface area contributed by atoms with Gasteiger partial charge in [0.05, 0.1) is 5.56 Å². The maximum absolute atomic E-state index is 11.1. The molecule has 1 aromatic carbocycles. The van der Waals surface area contributed by atoms with Crippen molar-refractivity contribution in [3.8, 4) is 0 Å². The number of benzene rings is 1. The van der Waals surface area contributed by atoms with Crippen LogP contribution < -0.4 is 0 Å². The molecule has 0 radical (unpaired) electrons. The van der Waals surface area contributed by atoms with Crippen LogP contribution in [0.5, 0.6) is 0 Å². The molecule has 0 fully saturated rings. The Kier molecular flexibility index (Phi) is 3.24. The van der Waals surface area contributed by atoms with Gasteiger partial charge in [0.1, 0.15) is 0 Å². The fourth-order valence-corrected chi connectivity index (χ4v) is 0.931. The molecule has 4 nitrogen and oxygen atoms in total. The van der Waals surface area contributed by atoms with Gasteiger partial charge in [-0.2, -0.15) is 0 Å². The van der Waals surface area contributed by atoms with Crippen molar-refractivity contribution in [2.24, 2.45) is 0 Å². The minimum Gasteiger partial charge on any atom is -0.401 e. The first-order valence-electron chi connectivity index (χ1n) is 4.32. The summed E-state index contributed by atoms with van der Waals surface area (Å²) < 4.78 is 4.46. The largest absolute Gasteiger partial charge is 0.401 e. The van der Waals surface area contributed by atoms with Crippen LogP contribution in [0.4, 0.5) is 0 Å². The molecule has 1 aromatic rings. The quantitative estimate of drug-likeness (QED) is 0.440. The molecule has 0 amide bonds. The summed E-state index contributed by atoms with van der Waals surface area (Å²) in [6.45, 7) is 4.76. The highest BCUT2D eigenvalue weighted by Crippen LogP contribution is 2.19. The molecule has 0 aliphatic rings. The molecule has 0 atom stereocenters. The van der Waals surface area contributed by atoms with Crippen molar-refractivity contribution in [1.29, 1.82) is 0 Å². The number of aliphatic hydroxyl groups is 2. The fourth-order valence-electron chi connectivity index (χ4n) is 0.931. The molecule has 0 aromatic heterocycles. The van der Waals surface area contributed by atoms with Crippen LogP contribution in [-0.4, -0.2) is 16.2 Å². The molecular weight excluding hydrogens is 196 g/mol. The minimum absolute atomic E-state index is 0.0830. The standard InChI is InChI=1S/C11H12O4/c1-8(2)10(12)15-11(13,14)9-6-4-3-5-7-9/h3-7,13-14H,1H2,2H3. The highest BCUT2D eigenvalue weighted by atomic mass is 16.8. The van der Waals surface area contributed by atoms with Gasteiger partial charge < -0.3 is 14.9 Å². The van der Waals surface area contributed by atoms with E-state index in [4.69, 9.17) is 0 Å². The number of rotatable bonds is 3.